The van der Waals surface area contributed by atoms with E-state index < -0.39 is 0 Å². The third-order valence-corrected chi connectivity index (χ3v) is 1.35. The summed E-state index contributed by atoms with van der Waals surface area (Å²) >= 11 is 0. The Morgan fingerprint density at radius 2 is 2.08 bits per heavy atom. The molecule has 0 fully saturated rings. The van der Waals surface area contributed by atoms with Gasteiger partial charge in [-0.1, -0.05) is 6.58 Å². The van der Waals surface area contributed by atoms with Crippen LogP contribution in [0.4, 0.5) is 0 Å². The molecule has 0 aromatic rings. The van der Waals surface area contributed by atoms with Crippen molar-refractivity contribution in [2.75, 3.05) is 6.61 Å². The van der Waals surface area contributed by atoms with E-state index in [0.717, 1.165) is 12.8 Å². The van der Waals surface area contributed by atoms with Gasteiger partial charge in [-0.15, -0.1) is 0 Å². The van der Waals surface area contributed by atoms with Gasteiger partial charge in [0.25, 0.3) is 0 Å². The van der Waals surface area contributed by atoms with Crippen LogP contribution >= 0.6 is 0 Å². The van der Waals surface area contributed by atoms with Crippen molar-refractivity contribution < 1.29 is 14.3 Å². The van der Waals surface area contributed by atoms with Gasteiger partial charge in [0.15, 0.2) is 5.78 Å². The molecule has 0 unspecified atom stereocenters. The number of ether oxygens (including phenoxy) is 1. The van der Waals surface area contributed by atoms with Crippen LogP contribution in [0.1, 0.15) is 26.2 Å². The first-order chi connectivity index (χ1) is 5.66. The van der Waals surface area contributed by atoms with Crippen molar-refractivity contribution in [1.29, 1.82) is 0 Å². The second-order valence-corrected chi connectivity index (χ2v) is 2.47. The van der Waals surface area contributed by atoms with E-state index in [0.29, 0.717) is 13.0 Å². The van der Waals surface area contributed by atoms with Gasteiger partial charge in [-0.2, -0.15) is 0 Å². The maximum absolute atomic E-state index is 10.7. The van der Waals surface area contributed by atoms with E-state index in [1.165, 1.54) is 13.0 Å². The summed E-state index contributed by atoms with van der Waals surface area (Å²) in [5.41, 5.74) is 0. The van der Waals surface area contributed by atoms with Crippen LogP contribution in [-0.4, -0.2) is 18.4 Å². The number of esters is 1. The van der Waals surface area contributed by atoms with Crippen LogP contribution in [0.15, 0.2) is 12.7 Å². The molecule has 0 saturated heterocycles. The van der Waals surface area contributed by atoms with Crippen molar-refractivity contribution in [3.8, 4) is 0 Å². The molecule has 0 aromatic carbocycles. The lowest BCUT2D eigenvalue weighted by atomic mass is 10.2. The van der Waals surface area contributed by atoms with Crippen LogP contribution in [-0.2, 0) is 14.3 Å². The minimum absolute atomic E-state index is 0.0397. The number of carbonyl (C=O) groups excluding carboxylic acids is 2. The molecular weight excluding hydrogens is 156 g/mol. The average Bonchev–Trinajstić information content (AvgIpc) is 2.03. The Balaban J connectivity index is 3.16. The van der Waals surface area contributed by atoms with E-state index in [4.69, 9.17) is 0 Å². The number of hydrogen-bond acceptors (Lipinski definition) is 3. The third-order valence-electron chi connectivity index (χ3n) is 1.35. The number of carbonyl (C=O) groups is 2. The van der Waals surface area contributed by atoms with Gasteiger partial charge in [0, 0.05) is 13.3 Å². The molecule has 0 aliphatic heterocycles. The molecule has 0 N–H and O–H groups in total. The van der Waals surface area contributed by atoms with E-state index in [1.807, 2.05) is 0 Å². The molecular formula is C9H14O3. The lowest BCUT2D eigenvalue weighted by Crippen LogP contribution is -2.01. The SMILES string of the molecule is C=CC(=O)CCCCOC(C)=O. The smallest absolute Gasteiger partial charge is 0.302 e. The number of ketones is 1. The highest BCUT2D eigenvalue weighted by atomic mass is 16.5. The minimum atomic E-state index is -0.273. The van der Waals surface area contributed by atoms with Gasteiger partial charge >= 0.3 is 5.97 Å². The summed E-state index contributed by atoms with van der Waals surface area (Å²) in [4.78, 5) is 21.0. The highest BCUT2D eigenvalue weighted by Gasteiger charge is 1.96. The highest BCUT2D eigenvalue weighted by molar-refractivity contribution is 5.88. The van der Waals surface area contributed by atoms with Crippen molar-refractivity contribution in [3.63, 3.8) is 0 Å². The first-order valence-corrected chi connectivity index (χ1v) is 3.95. The predicted octanol–water partition coefficient (Wildman–Crippen LogP) is 1.47. The first-order valence-electron chi connectivity index (χ1n) is 3.95. The summed E-state index contributed by atoms with van der Waals surface area (Å²) < 4.78 is 4.68. The number of unbranched alkanes of at least 4 members (excludes halogenated alkanes) is 1. The molecule has 3 heteroatoms. The second-order valence-electron chi connectivity index (χ2n) is 2.47. The van der Waals surface area contributed by atoms with Crippen LogP contribution in [0.25, 0.3) is 0 Å². The van der Waals surface area contributed by atoms with Gasteiger partial charge in [-0.3, -0.25) is 9.59 Å². The monoisotopic (exact) mass is 170 g/mol. The fourth-order valence-corrected chi connectivity index (χ4v) is 0.719. The third kappa shape index (κ3) is 6.99. The van der Waals surface area contributed by atoms with Gasteiger partial charge < -0.3 is 4.74 Å². The molecule has 0 heterocycles. The Morgan fingerprint density at radius 3 is 2.58 bits per heavy atom. The molecule has 0 aliphatic carbocycles. The van der Waals surface area contributed by atoms with Crippen molar-refractivity contribution in [1.82, 2.24) is 0 Å². The van der Waals surface area contributed by atoms with Crippen molar-refractivity contribution in [2.45, 2.75) is 26.2 Å². The number of rotatable bonds is 6. The summed E-state index contributed by atoms with van der Waals surface area (Å²) in [6, 6.07) is 0. The van der Waals surface area contributed by atoms with Crippen LogP contribution in [0.2, 0.25) is 0 Å². The molecule has 0 saturated carbocycles. The van der Waals surface area contributed by atoms with Crippen LogP contribution < -0.4 is 0 Å². The molecule has 0 aliphatic rings. The summed E-state index contributed by atoms with van der Waals surface area (Å²) in [5, 5.41) is 0. The fraction of sp³-hybridized carbons (Fsp3) is 0.556. The summed E-state index contributed by atoms with van der Waals surface area (Å²) in [7, 11) is 0. The van der Waals surface area contributed by atoms with E-state index in [-0.39, 0.29) is 11.8 Å². The maximum Gasteiger partial charge on any atom is 0.302 e. The van der Waals surface area contributed by atoms with Gasteiger partial charge in [0.1, 0.15) is 0 Å². The Bertz CT molecular complexity index is 173. The van der Waals surface area contributed by atoms with Gasteiger partial charge in [-0.05, 0) is 18.9 Å². The molecule has 3 nitrogen and oxygen atoms in total. The lowest BCUT2D eigenvalue weighted by molar-refractivity contribution is -0.141. The Hall–Kier alpha value is -1.12. The fourth-order valence-electron chi connectivity index (χ4n) is 0.719. The molecule has 68 valence electrons. The van der Waals surface area contributed by atoms with Crippen LogP contribution in [0.3, 0.4) is 0 Å². The Morgan fingerprint density at radius 1 is 1.42 bits per heavy atom. The molecule has 12 heavy (non-hydrogen) atoms. The highest BCUT2D eigenvalue weighted by Crippen LogP contribution is 1.97. The first kappa shape index (κ1) is 10.9. The zero-order valence-corrected chi connectivity index (χ0v) is 7.34. The molecule has 0 aromatic heterocycles. The summed E-state index contributed by atoms with van der Waals surface area (Å²) in [5.74, 6) is -0.233. The van der Waals surface area contributed by atoms with E-state index >= 15 is 0 Å². The molecule has 0 rings (SSSR count). The zero-order chi connectivity index (χ0) is 9.40. The largest absolute Gasteiger partial charge is 0.466 e. The van der Waals surface area contributed by atoms with Crippen LogP contribution in [0, 0.1) is 0 Å². The summed E-state index contributed by atoms with van der Waals surface area (Å²) in [6.07, 6.45) is 3.29. The van der Waals surface area contributed by atoms with E-state index in [2.05, 4.69) is 11.3 Å². The maximum atomic E-state index is 10.7. The normalized spacial score (nSPS) is 9.08. The van der Waals surface area contributed by atoms with Gasteiger partial charge in [0.05, 0.1) is 6.61 Å². The standard InChI is InChI=1S/C9H14O3/c1-3-9(11)6-4-5-7-12-8(2)10/h3H,1,4-7H2,2H3. The molecule has 0 atom stereocenters. The van der Waals surface area contributed by atoms with Crippen molar-refractivity contribution in [3.05, 3.63) is 12.7 Å². The van der Waals surface area contributed by atoms with Crippen LogP contribution in [0.5, 0.6) is 0 Å². The van der Waals surface area contributed by atoms with E-state index in [9.17, 15) is 9.59 Å². The molecule has 0 amide bonds. The zero-order valence-electron chi connectivity index (χ0n) is 7.34. The second kappa shape index (κ2) is 6.58. The predicted molar refractivity (Wildman–Crippen MR) is 45.7 cm³/mol. The Kier molecular flexibility index (Phi) is 5.97. The Labute approximate surface area is 72.4 Å². The average molecular weight is 170 g/mol. The lowest BCUT2D eigenvalue weighted by Gasteiger charge is -1.99. The molecule has 0 radical (unpaired) electrons. The number of hydrogen-bond donors (Lipinski definition) is 0. The summed E-state index contributed by atoms with van der Waals surface area (Å²) in [6.45, 7) is 5.13. The molecule has 0 bridgehead atoms. The minimum Gasteiger partial charge on any atom is -0.466 e. The van der Waals surface area contributed by atoms with Gasteiger partial charge in [-0.25, -0.2) is 0 Å². The van der Waals surface area contributed by atoms with Crippen molar-refractivity contribution >= 4 is 11.8 Å². The van der Waals surface area contributed by atoms with Gasteiger partial charge in [0.2, 0.25) is 0 Å². The van der Waals surface area contributed by atoms with Crippen molar-refractivity contribution in [2.24, 2.45) is 0 Å². The van der Waals surface area contributed by atoms with E-state index in [1.54, 1.807) is 0 Å². The topological polar surface area (TPSA) is 43.4 Å². The quantitative estimate of drug-likeness (QED) is 0.344. The molecule has 0 spiro atoms. The number of allylic oxidation sites excluding steroid dienone is 1.